The molecule has 4 rings (SSSR count). The van der Waals surface area contributed by atoms with E-state index in [-0.39, 0.29) is 23.3 Å². The molecule has 132 valence electrons. The maximum Gasteiger partial charge on any atom is 0.157 e. The highest BCUT2D eigenvalue weighted by Crippen LogP contribution is 2.63. The highest BCUT2D eigenvalue weighted by molar-refractivity contribution is 5.49. The topological polar surface area (TPSA) is 121 Å². The van der Waals surface area contributed by atoms with Gasteiger partial charge in [0.25, 0.3) is 0 Å². The van der Waals surface area contributed by atoms with Gasteiger partial charge in [-0.3, -0.25) is 0 Å². The van der Waals surface area contributed by atoms with Gasteiger partial charge in [0.2, 0.25) is 0 Å². The van der Waals surface area contributed by atoms with Crippen molar-refractivity contribution >= 4 is 0 Å². The van der Waals surface area contributed by atoms with Crippen molar-refractivity contribution in [2.45, 2.75) is 62.4 Å². The van der Waals surface area contributed by atoms with Crippen molar-refractivity contribution in [2.75, 3.05) is 0 Å². The molecule has 0 amide bonds. The molecule has 0 unspecified atom stereocenters. The van der Waals surface area contributed by atoms with Crippen LogP contribution < -0.4 is 0 Å². The van der Waals surface area contributed by atoms with Crippen LogP contribution in [0.5, 0.6) is 11.5 Å². The Balaban J connectivity index is 1.82. The maximum atomic E-state index is 11.4. The number of aryl methyl sites for hydroxylation is 1. The highest BCUT2D eigenvalue weighted by atomic mass is 16.4. The van der Waals surface area contributed by atoms with E-state index in [1.54, 1.807) is 19.1 Å². The summed E-state index contributed by atoms with van der Waals surface area (Å²) in [6, 6.07) is 3.11. The minimum absolute atomic E-state index is 0.0922. The third-order valence-corrected chi connectivity index (χ3v) is 7.05. The lowest BCUT2D eigenvalue weighted by Crippen LogP contribution is -2.62. The normalized spacial score (nSPS) is 47.0. The van der Waals surface area contributed by atoms with E-state index in [2.05, 4.69) is 0 Å². The Labute approximate surface area is 140 Å². The van der Waals surface area contributed by atoms with Gasteiger partial charge in [0.1, 0.15) is 17.8 Å². The van der Waals surface area contributed by atoms with Gasteiger partial charge < -0.3 is 30.6 Å². The molecule has 0 spiro atoms. The zero-order chi connectivity index (χ0) is 17.4. The number of benzene rings is 1. The average Bonchev–Trinajstić information content (AvgIpc) is 2.69. The molecule has 0 aromatic heterocycles. The van der Waals surface area contributed by atoms with Gasteiger partial charge in [-0.2, -0.15) is 0 Å². The van der Waals surface area contributed by atoms with E-state index in [1.165, 1.54) is 0 Å². The van der Waals surface area contributed by atoms with Crippen LogP contribution in [0.15, 0.2) is 12.1 Å². The van der Waals surface area contributed by atoms with Crippen LogP contribution in [-0.4, -0.2) is 54.6 Å². The Morgan fingerprint density at radius 1 is 1.00 bits per heavy atom. The lowest BCUT2D eigenvalue weighted by Gasteiger charge is -2.55. The molecule has 6 N–H and O–H groups in total. The number of rotatable bonds is 0. The van der Waals surface area contributed by atoms with Crippen LogP contribution in [0.1, 0.15) is 43.2 Å². The van der Waals surface area contributed by atoms with E-state index < -0.39 is 29.3 Å². The van der Waals surface area contributed by atoms with Crippen LogP contribution in [0, 0.1) is 11.3 Å². The fraction of sp³-hybridized carbons (Fsp3) is 0.667. The number of hydrogen-bond acceptors (Lipinski definition) is 6. The number of fused-ring (bicyclic) bond motifs is 5. The quantitative estimate of drug-likeness (QED) is 0.381. The predicted molar refractivity (Wildman–Crippen MR) is 84.6 cm³/mol. The van der Waals surface area contributed by atoms with Crippen molar-refractivity contribution in [1.29, 1.82) is 0 Å². The molecule has 0 saturated heterocycles. The predicted octanol–water partition coefficient (Wildman–Crippen LogP) is 0.371. The standard InChI is InChI=1S/C18H24O6/c1-17-5-4-9-10-7-13(20)12(19)6-8(10)2-3-11(9)18(17,24)16(23)14(21)15(17)22/h6-7,9,11,14-16,19-24H,2-5H2,1H3/t9-,11-,14-,15-,16+,17-,18-/m1/s1. The number of phenolic OH excluding ortho intramolecular Hbond substituents is 2. The number of aliphatic hydroxyl groups excluding tert-OH is 3. The fourth-order valence-corrected chi connectivity index (χ4v) is 5.64. The minimum Gasteiger partial charge on any atom is -0.504 e. The molecule has 0 aliphatic heterocycles. The van der Waals surface area contributed by atoms with Gasteiger partial charge in [-0.1, -0.05) is 6.92 Å². The monoisotopic (exact) mass is 336 g/mol. The summed E-state index contributed by atoms with van der Waals surface area (Å²) in [7, 11) is 0. The largest absolute Gasteiger partial charge is 0.504 e. The van der Waals surface area contributed by atoms with E-state index in [1.807, 2.05) is 0 Å². The molecule has 0 bridgehead atoms. The van der Waals surface area contributed by atoms with Gasteiger partial charge in [0.05, 0.1) is 6.10 Å². The molecule has 0 heterocycles. The van der Waals surface area contributed by atoms with Crippen LogP contribution >= 0.6 is 0 Å². The van der Waals surface area contributed by atoms with Gasteiger partial charge in [0.15, 0.2) is 11.5 Å². The number of phenols is 2. The Morgan fingerprint density at radius 2 is 1.67 bits per heavy atom. The highest BCUT2D eigenvalue weighted by Gasteiger charge is 2.71. The van der Waals surface area contributed by atoms with Crippen LogP contribution in [-0.2, 0) is 6.42 Å². The van der Waals surface area contributed by atoms with Crippen molar-refractivity contribution in [3.63, 3.8) is 0 Å². The summed E-state index contributed by atoms with van der Waals surface area (Å²) in [6.07, 6.45) is -1.62. The number of hydrogen-bond donors (Lipinski definition) is 6. The number of aliphatic hydroxyl groups is 4. The van der Waals surface area contributed by atoms with E-state index in [4.69, 9.17) is 0 Å². The third-order valence-electron chi connectivity index (χ3n) is 7.05. The molecule has 7 atom stereocenters. The summed E-state index contributed by atoms with van der Waals surface area (Å²) < 4.78 is 0. The first kappa shape index (κ1) is 16.1. The third kappa shape index (κ3) is 1.69. The van der Waals surface area contributed by atoms with E-state index in [0.29, 0.717) is 25.7 Å². The van der Waals surface area contributed by atoms with Crippen LogP contribution in [0.2, 0.25) is 0 Å². The van der Waals surface area contributed by atoms with E-state index in [9.17, 15) is 30.6 Å². The van der Waals surface area contributed by atoms with Crippen LogP contribution in [0.4, 0.5) is 0 Å². The fourth-order valence-electron chi connectivity index (χ4n) is 5.64. The summed E-state index contributed by atoms with van der Waals surface area (Å²) in [6.45, 7) is 1.73. The summed E-state index contributed by atoms with van der Waals surface area (Å²) in [4.78, 5) is 0. The Hall–Kier alpha value is -1.34. The first-order chi connectivity index (χ1) is 11.2. The number of aromatic hydroxyl groups is 2. The SMILES string of the molecule is C[C@]12CC[C@@H]3c4cc(O)c(O)cc4CC[C@H]3[C@@]1(O)[C@@H](O)[C@H](O)[C@H]2O. The summed E-state index contributed by atoms with van der Waals surface area (Å²) in [5.41, 5.74) is -0.740. The van der Waals surface area contributed by atoms with Crippen LogP contribution in [0.3, 0.4) is 0 Å². The summed E-state index contributed by atoms with van der Waals surface area (Å²) in [5.74, 6) is -0.764. The Morgan fingerprint density at radius 3 is 2.38 bits per heavy atom. The molecule has 24 heavy (non-hydrogen) atoms. The van der Waals surface area contributed by atoms with E-state index in [0.717, 1.165) is 11.1 Å². The van der Waals surface area contributed by atoms with Crippen LogP contribution in [0.25, 0.3) is 0 Å². The van der Waals surface area contributed by atoms with Gasteiger partial charge >= 0.3 is 0 Å². The molecule has 1 aromatic rings. The van der Waals surface area contributed by atoms with E-state index >= 15 is 0 Å². The average molecular weight is 336 g/mol. The zero-order valence-electron chi connectivity index (χ0n) is 13.6. The second-order valence-electron chi connectivity index (χ2n) is 7.95. The minimum atomic E-state index is -1.58. The first-order valence-electron chi connectivity index (χ1n) is 8.53. The summed E-state index contributed by atoms with van der Waals surface area (Å²) in [5, 5.41) is 62.1. The molecule has 3 aliphatic carbocycles. The second-order valence-corrected chi connectivity index (χ2v) is 7.95. The summed E-state index contributed by atoms with van der Waals surface area (Å²) >= 11 is 0. The second kappa shape index (κ2) is 4.85. The molecular formula is C18H24O6. The molecule has 1 aromatic carbocycles. The van der Waals surface area contributed by atoms with Gasteiger partial charge in [0, 0.05) is 5.41 Å². The lowest BCUT2D eigenvalue weighted by atomic mass is 9.52. The van der Waals surface area contributed by atoms with Gasteiger partial charge in [-0.15, -0.1) is 0 Å². The first-order valence-corrected chi connectivity index (χ1v) is 8.53. The zero-order valence-corrected chi connectivity index (χ0v) is 13.6. The molecule has 0 radical (unpaired) electrons. The van der Waals surface area contributed by atoms with Crippen molar-refractivity contribution in [3.8, 4) is 11.5 Å². The Bertz CT molecular complexity index is 690. The molecule has 3 aliphatic rings. The smallest absolute Gasteiger partial charge is 0.157 e. The molecule has 2 fully saturated rings. The Kier molecular flexibility index (Phi) is 3.26. The molecular weight excluding hydrogens is 312 g/mol. The molecule has 2 saturated carbocycles. The van der Waals surface area contributed by atoms with Crippen molar-refractivity contribution in [1.82, 2.24) is 0 Å². The lowest BCUT2D eigenvalue weighted by molar-refractivity contribution is -0.199. The maximum absolute atomic E-state index is 11.4. The van der Waals surface area contributed by atoms with Gasteiger partial charge in [-0.05, 0) is 60.8 Å². The molecule has 6 nitrogen and oxygen atoms in total. The van der Waals surface area contributed by atoms with Crippen molar-refractivity contribution in [3.05, 3.63) is 23.3 Å². The van der Waals surface area contributed by atoms with Gasteiger partial charge in [-0.25, -0.2) is 0 Å². The van der Waals surface area contributed by atoms with Crippen molar-refractivity contribution in [2.24, 2.45) is 11.3 Å². The molecule has 6 heteroatoms. The van der Waals surface area contributed by atoms with Crippen molar-refractivity contribution < 1.29 is 30.6 Å².